The van der Waals surface area contributed by atoms with Crippen molar-refractivity contribution in [1.82, 2.24) is 9.55 Å². The Morgan fingerprint density at radius 1 is 1.05 bits per heavy atom. The van der Waals surface area contributed by atoms with Gasteiger partial charge in [-0.15, -0.1) is 0 Å². The van der Waals surface area contributed by atoms with Crippen molar-refractivity contribution in [3.8, 4) is 0 Å². The lowest BCUT2D eigenvalue weighted by atomic mass is 9.84. The molecule has 2 aromatic carbocycles. The maximum atomic E-state index is 12.9. The SMILES string of the molecule is CC(C)(Cc1ccccc1)C(=O)n1cnc2ccccc21. The zero-order valence-electron chi connectivity index (χ0n) is 12.3. The second-order valence-electron chi connectivity index (χ2n) is 5.95. The van der Waals surface area contributed by atoms with Crippen molar-refractivity contribution >= 4 is 16.9 Å². The molecule has 21 heavy (non-hydrogen) atoms. The van der Waals surface area contributed by atoms with Crippen LogP contribution in [-0.4, -0.2) is 15.5 Å². The second kappa shape index (κ2) is 5.17. The average Bonchev–Trinajstić information content (AvgIpc) is 2.91. The number of carbonyl (C=O) groups excluding carboxylic acids is 1. The van der Waals surface area contributed by atoms with Gasteiger partial charge in [0.15, 0.2) is 0 Å². The Balaban J connectivity index is 1.93. The van der Waals surface area contributed by atoms with E-state index in [1.165, 1.54) is 5.56 Å². The van der Waals surface area contributed by atoms with Gasteiger partial charge < -0.3 is 0 Å². The highest BCUT2D eigenvalue weighted by Gasteiger charge is 2.30. The normalized spacial score (nSPS) is 11.7. The first kappa shape index (κ1) is 13.6. The Labute approximate surface area is 124 Å². The molecular formula is C18H18N2O. The molecular weight excluding hydrogens is 260 g/mol. The Kier molecular flexibility index (Phi) is 3.34. The first-order valence-electron chi connectivity index (χ1n) is 7.09. The number of benzene rings is 2. The molecule has 1 heterocycles. The summed E-state index contributed by atoms with van der Waals surface area (Å²) in [4.78, 5) is 17.2. The summed E-state index contributed by atoms with van der Waals surface area (Å²) in [5.41, 5.74) is 2.40. The van der Waals surface area contributed by atoms with Crippen LogP contribution in [0.4, 0.5) is 0 Å². The molecule has 1 aromatic heterocycles. The maximum absolute atomic E-state index is 12.9. The van der Waals surface area contributed by atoms with Crippen molar-refractivity contribution < 1.29 is 4.79 Å². The highest BCUT2D eigenvalue weighted by atomic mass is 16.2. The molecule has 0 radical (unpaired) electrons. The predicted molar refractivity (Wildman–Crippen MR) is 84.3 cm³/mol. The van der Waals surface area contributed by atoms with Gasteiger partial charge in [-0.3, -0.25) is 9.36 Å². The molecule has 106 valence electrons. The molecule has 3 nitrogen and oxygen atoms in total. The molecule has 3 rings (SSSR count). The molecule has 0 saturated carbocycles. The minimum Gasteiger partial charge on any atom is -0.273 e. The van der Waals surface area contributed by atoms with Crippen LogP contribution < -0.4 is 0 Å². The van der Waals surface area contributed by atoms with Crippen molar-refractivity contribution in [2.45, 2.75) is 20.3 Å². The number of rotatable bonds is 3. The molecule has 0 saturated heterocycles. The van der Waals surface area contributed by atoms with E-state index in [0.29, 0.717) is 6.42 Å². The molecule has 0 unspecified atom stereocenters. The highest BCUT2D eigenvalue weighted by molar-refractivity contribution is 5.93. The summed E-state index contributed by atoms with van der Waals surface area (Å²) in [5.74, 6) is 0.0695. The average molecular weight is 278 g/mol. The third-order valence-corrected chi connectivity index (χ3v) is 3.74. The van der Waals surface area contributed by atoms with Crippen molar-refractivity contribution in [1.29, 1.82) is 0 Å². The molecule has 0 aliphatic carbocycles. The van der Waals surface area contributed by atoms with Gasteiger partial charge >= 0.3 is 0 Å². The number of para-hydroxylation sites is 2. The lowest BCUT2D eigenvalue weighted by Crippen LogP contribution is -2.31. The molecule has 0 bridgehead atoms. The van der Waals surface area contributed by atoms with Crippen LogP contribution in [0.3, 0.4) is 0 Å². The van der Waals surface area contributed by atoms with Gasteiger partial charge in [-0.2, -0.15) is 0 Å². The van der Waals surface area contributed by atoms with Crippen LogP contribution in [0.2, 0.25) is 0 Å². The van der Waals surface area contributed by atoms with Gasteiger partial charge in [0.05, 0.1) is 11.0 Å². The molecule has 0 spiro atoms. The largest absolute Gasteiger partial charge is 0.273 e. The molecule has 0 aliphatic heterocycles. The van der Waals surface area contributed by atoms with Crippen molar-refractivity contribution in [3.63, 3.8) is 0 Å². The Morgan fingerprint density at radius 2 is 1.71 bits per heavy atom. The maximum Gasteiger partial charge on any atom is 0.238 e. The van der Waals surface area contributed by atoms with Gasteiger partial charge in [-0.1, -0.05) is 56.3 Å². The molecule has 0 fully saturated rings. The first-order chi connectivity index (χ1) is 10.1. The fourth-order valence-electron chi connectivity index (χ4n) is 2.63. The monoisotopic (exact) mass is 278 g/mol. The van der Waals surface area contributed by atoms with Crippen LogP contribution in [0, 0.1) is 5.41 Å². The topological polar surface area (TPSA) is 34.9 Å². The lowest BCUT2D eigenvalue weighted by molar-refractivity contribution is 0.0750. The van der Waals surface area contributed by atoms with E-state index in [1.54, 1.807) is 10.9 Å². The first-order valence-corrected chi connectivity index (χ1v) is 7.09. The summed E-state index contributed by atoms with van der Waals surface area (Å²) in [5, 5.41) is 0. The Hall–Kier alpha value is -2.42. The molecule has 3 heteroatoms. The van der Waals surface area contributed by atoms with E-state index in [0.717, 1.165) is 11.0 Å². The molecule has 0 aliphatic rings. The van der Waals surface area contributed by atoms with Crippen molar-refractivity contribution in [2.24, 2.45) is 5.41 Å². The number of fused-ring (bicyclic) bond motifs is 1. The smallest absolute Gasteiger partial charge is 0.238 e. The molecule has 0 atom stereocenters. The van der Waals surface area contributed by atoms with Crippen LogP contribution in [-0.2, 0) is 6.42 Å². The number of hydrogen-bond acceptors (Lipinski definition) is 2. The van der Waals surface area contributed by atoms with Gasteiger partial charge in [0, 0.05) is 5.41 Å². The summed E-state index contributed by atoms with van der Waals surface area (Å²) in [6.07, 6.45) is 2.33. The number of imidazole rings is 1. The standard InChI is InChI=1S/C18H18N2O/c1-18(2,12-14-8-4-3-5-9-14)17(21)20-13-19-15-10-6-7-11-16(15)20/h3-11,13H,12H2,1-2H3. The number of aromatic nitrogens is 2. The molecule has 3 aromatic rings. The van der Waals surface area contributed by atoms with Crippen LogP contribution >= 0.6 is 0 Å². The van der Waals surface area contributed by atoms with Crippen molar-refractivity contribution in [3.05, 3.63) is 66.5 Å². The fraction of sp³-hybridized carbons (Fsp3) is 0.222. The van der Waals surface area contributed by atoms with Crippen LogP contribution in [0.25, 0.3) is 11.0 Å². The molecule has 0 N–H and O–H groups in total. The van der Waals surface area contributed by atoms with E-state index in [9.17, 15) is 4.79 Å². The number of hydrogen-bond donors (Lipinski definition) is 0. The van der Waals surface area contributed by atoms with Gasteiger partial charge in [0.25, 0.3) is 0 Å². The second-order valence-corrected chi connectivity index (χ2v) is 5.95. The van der Waals surface area contributed by atoms with E-state index in [1.807, 2.05) is 56.3 Å². The Bertz CT molecular complexity index is 772. The van der Waals surface area contributed by atoms with E-state index < -0.39 is 5.41 Å². The van der Waals surface area contributed by atoms with Gasteiger partial charge in [-0.25, -0.2) is 4.98 Å². The quantitative estimate of drug-likeness (QED) is 0.727. The Morgan fingerprint density at radius 3 is 2.48 bits per heavy atom. The summed E-state index contributed by atoms with van der Waals surface area (Å²) < 4.78 is 1.66. The summed E-state index contributed by atoms with van der Waals surface area (Å²) in [6.45, 7) is 3.97. The highest BCUT2D eigenvalue weighted by Crippen LogP contribution is 2.26. The summed E-state index contributed by atoms with van der Waals surface area (Å²) in [6, 6.07) is 17.8. The van der Waals surface area contributed by atoms with Crippen molar-refractivity contribution in [2.75, 3.05) is 0 Å². The third-order valence-electron chi connectivity index (χ3n) is 3.74. The number of carbonyl (C=O) groups is 1. The van der Waals surface area contributed by atoms with Crippen LogP contribution in [0.1, 0.15) is 24.2 Å². The minimum atomic E-state index is -0.481. The zero-order valence-corrected chi connectivity index (χ0v) is 12.3. The van der Waals surface area contributed by atoms with E-state index in [4.69, 9.17) is 0 Å². The fourth-order valence-corrected chi connectivity index (χ4v) is 2.63. The van der Waals surface area contributed by atoms with Gasteiger partial charge in [0.1, 0.15) is 6.33 Å². The van der Waals surface area contributed by atoms with Gasteiger partial charge in [0.2, 0.25) is 5.91 Å². The van der Waals surface area contributed by atoms with E-state index in [-0.39, 0.29) is 5.91 Å². The third kappa shape index (κ3) is 2.59. The van der Waals surface area contributed by atoms with E-state index in [2.05, 4.69) is 17.1 Å². The lowest BCUT2D eigenvalue weighted by Gasteiger charge is -2.23. The minimum absolute atomic E-state index is 0.0695. The van der Waals surface area contributed by atoms with Crippen LogP contribution in [0.5, 0.6) is 0 Å². The predicted octanol–water partition coefficient (Wildman–Crippen LogP) is 3.95. The summed E-state index contributed by atoms with van der Waals surface area (Å²) in [7, 11) is 0. The van der Waals surface area contributed by atoms with Gasteiger partial charge in [-0.05, 0) is 24.1 Å². The molecule has 0 amide bonds. The summed E-state index contributed by atoms with van der Waals surface area (Å²) >= 11 is 0. The van der Waals surface area contributed by atoms with Crippen LogP contribution in [0.15, 0.2) is 60.9 Å². The van der Waals surface area contributed by atoms with E-state index >= 15 is 0 Å². The number of nitrogens with zero attached hydrogens (tertiary/aromatic N) is 2. The zero-order chi connectivity index (χ0) is 14.9.